The summed E-state index contributed by atoms with van der Waals surface area (Å²) in [5, 5.41) is 1.38. The van der Waals surface area contributed by atoms with Crippen molar-refractivity contribution in [2.45, 2.75) is 215 Å². The maximum absolute atomic E-state index is 12.1. The highest BCUT2D eigenvalue weighted by Crippen LogP contribution is 2.31. The molecule has 3 aliphatic rings. The van der Waals surface area contributed by atoms with Gasteiger partial charge in [0.1, 0.15) is 11.6 Å². The molecule has 0 atom stereocenters. The SMILES string of the molecule is CC.CC.CC.CC.CC.CC(C)(C)N1C(=O)c2ccccc2C1=O.CC(C)(C)N1Cc2ccccc2C1=O.CC(C)(C)N1Cc2ccccc2C1=O.Cc1nc2ccccc2c(=O)n1C(C)C.Cc1nc2ccccc2c(=O)n1C(C)C. The molecule has 0 saturated heterocycles. The van der Waals surface area contributed by atoms with Crippen LogP contribution in [-0.2, 0) is 13.1 Å². The van der Waals surface area contributed by atoms with Gasteiger partial charge in [-0.15, -0.1) is 0 Å². The molecule has 2 aromatic heterocycles. The lowest BCUT2D eigenvalue weighted by molar-refractivity contribution is 0.0504. The molecule has 4 amide bonds. The molecule has 0 radical (unpaired) electrons. The summed E-state index contributed by atoms with van der Waals surface area (Å²) in [6.45, 7) is 51.2. The number of imide groups is 1. The van der Waals surface area contributed by atoms with E-state index in [0.29, 0.717) is 21.9 Å². The van der Waals surface area contributed by atoms with Crippen molar-refractivity contribution >= 4 is 45.4 Å². The fraction of sp³-hybridized carbons (Fsp3) is 0.457. The van der Waals surface area contributed by atoms with Gasteiger partial charge in [-0.25, -0.2) is 9.97 Å². The molecule has 7 aromatic rings. The fourth-order valence-electron chi connectivity index (χ4n) is 9.12. The van der Waals surface area contributed by atoms with E-state index >= 15 is 0 Å². The first kappa shape index (κ1) is 73.5. The van der Waals surface area contributed by atoms with Crippen LogP contribution in [0.25, 0.3) is 21.8 Å². The van der Waals surface area contributed by atoms with Crippen LogP contribution >= 0.6 is 0 Å². The van der Waals surface area contributed by atoms with E-state index in [4.69, 9.17) is 0 Å². The third-order valence-corrected chi connectivity index (χ3v) is 12.7. The average Bonchev–Trinajstić information content (AvgIpc) is 4.09. The van der Waals surface area contributed by atoms with Gasteiger partial charge in [-0.2, -0.15) is 0 Å². The molecule has 0 fully saturated rings. The van der Waals surface area contributed by atoms with Crippen molar-refractivity contribution in [2.24, 2.45) is 0 Å². The molecule has 0 saturated carbocycles. The zero-order valence-electron chi connectivity index (χ0n) is 55.2. The maximum Gasteiger partial charge on any atom is 0.262 e. The number of hydrogen-bond donors (Lipinski definition) is 0. The van der Waals surface area contributed by atoms with E-state index in [1.165, 1.54) is 4.90 Å². The van der Waals surface area contributed by atoms with Crippen molar-refractivity contribution in [3.05, 3.63) is 187 Å². The number of para-hydroxylation sites is 2. The predicted molar refractivity (Wildman–Crippen MR) is 348 cm³/mol. The largest absolute Gasteiger partial charge is 0.329 e. The number of carbonyl (C=O) groups excluding carboxylic acids is 4. The number of aryl methyl sites for hydroxylation is 2. The topological polar surface area (TPSA) is 148 Å². The van der Waals surface area contributed by atoms with Crippen molar-refractivity contribution in [3.8, 4) is 0 Å². The molecule has 3 aliphatic heterocycles. The predicted octanol–water partition coefficient (Wildman–Crippen LogP) is 16.7. The first-order valence-electron chi connectivity index (χ1n) is 29.9. The van der Waals surface area contributed by atoms with Crippen LogP contribution in [0.2, 0.25) is 0 Å². The highest BCUT2D eigenvalue weighted by molar-refractivity contribution is 6.21. The molecule has 5 aromatic carbocycles. The normalized spacial score (nSPS) is 12.6. The Morgan fingerprint density at radius 2 is 0.627 bits per heavy atom. The van der Waals surface area contributed by atoms with Crippen LogP contribution < -0.4 is 11.1 Å². The smallest absolute Gasteiger partial charge is 0.262 e. The van der Waals surface area contributed by atoms with Crippen LogP contribution in [0.5, 0.6) is 0 Å². The van der Waals surface area contributed by atoms with E-state index in [1.54, 1.807) is 33.4 Å². The summed E-state index contributed by atoms with van der Waals surface area (Å²) in [6.07, 6.45) is 0. The summed E-state index contributed by atoms with van der Waals surface area (Å²) in [5.41, 5.74) is 6.05. The second kappa shape index (κ2) is 33.5. The number of amides is 4. The standard InChI is InChI=1S/2C12H14N2O.C12H13NO2.2C12H15NO.5C2H6/c2*1-8(2)14-9(3)13-11-7-5-4-6-10(11)12(14)15;1-12(2,3)13-10(14)8-6-4-5-7-9(8)11(13)15;2*1-12(2,3)13-8-9-6-4-5-7-10(9)11(13)14;5*1-2/h2*4-8H,1-3H3;4-7H,1-3H3;2*4-7H,8H2,1-3H3;5*1-2H3. The van der Waals surface area contributed by atoms with Crippen molar-refractivity contribution in [2.75, 3.05) is 0 Å². The lowest BCUT2D eigenvalue weighted by Gasteiger charge is -2.31. The zero-order chi connectivity index (χ0) is 63.9. The minimum absolute atomic E-state index is 0.0492. The summed E-state index contributed by atoms with van der Waals surface area (Å²) >= 11 is 0. The van der Waals surface area contributed by atoms with Crippen LogP contribution in [0.1, 0.15) is 236 Å². The third kappa shape index (κ3) is 18.5. The van der Waals surface area contributed by atoms with Crippen molar-refractivity contribution < 1.29 is 19.2 Å². The highest BCUT2D eigenvalue weighted by Gasteiger charge is 2.41. The van der Waals surface area contributed by atoms with Gasteiger partial charge in [-0.3, -0.25) is 42.8 Å². The summed E-state index contributed by atoms with van der Waals surface area (Å²) in [5.74, 6) is 1.48. The number of nitrogens with zero attached hydrogens (tertiary/aromatic N) is 7. The molecule has 83 heavy (non-hydrogen) atoms. The van der Waals surface area contributed by atoms with Crippen LogP contribution in [-0.4, -0.2) is 74.0 Å². The second-order valence-electron chi connectivity index (χ2n) is 22.0. The second-order valence-corrected chi connectivity index (χ2v) is 22.0. The van der Waals surface area contributed by atoms with Gasteiger partial charge in [0.15, 0.2) is 0 Å². The monoisotopic (exact) mass is 1140 g/mol. The van der Waals surface area contributed by atoms with Crippen molar-refractivity contribution in [1.29, 1.82) is 0 Å². The van der Waals surface area contributed by atoms with Gasteiger partial charge < -0.3 is 9.80 Å². The van der Waals surface area contributed by atoms with E-state index in [9.17, 15) is 28.8 Å². The summed E-state index contributed by atoms with van der Waals surface area (Å²) in [7, 11) is 0. The molecule has 452 valence electrons. The Bertz CT molecular complexity index is 3120. The first-order chi connectivity index (χ1) is 39.1. The van der Waals surface area contributed by atoms with Crippen LogP contribution in [0, 0.1) is 13.8 Å². The van der Waals surface area contributed by atoms with Gasteiger partial charge in [0.05, 0.1) is 32.9 Å². The molecular formula is C70H101N7O6. The Kier molecular flexibility index (Phi) is 29.7. The summed E-state index contributed by atoms with van der Waals surface area (Å²) in [4.78, 5) is 86.1. The molecule has 13 nitrogen and oxygen atoms in total. The third-order valence-electron chi connectivity index (χ3n) is 12.7. The fourth-order valence-corrected chi connectivity index (χ4v) is 9.12. The molecule has 10 rings (SSSR count). The average molecular weight is 1140 g/mol. The lowest BCUT2D eigenvalue weighted by Crippen LogP contribution is -2.45. The van der Waals surface area contributed by atoms with E-state index in [-0.39, 0.29) is 57.9 Å². The van der Waals surface area contributed by atoms with Crippen LogP contribution in [0.3, 0.4) is 0 Å². The number of carbonyl (C=O) groups is 4. The zero-order valence-corrected chi connectivity index (χ0v) is 55.2. The summed E-state index contributed by atoms with van der Waals surface area (Å²) < 4.78 is 3.45. The molecule has 0 spiro atoms. The van der Waals surface area contributed by atoms with Gasteiger partial charge in [0.25, 0.3) is 34.7 Å². The van der Waals surface area contributed by atoms with Gasteiger partial charge >= 0.3 is 0 Å². The van der Waals surface area contributed by atoms with Crippen molar-refractivity contribution in [3.63, 3.8) is 0 Å². The Morgan fingerprint density at radius 3 is 0.892 bits per heavy atom. The molecule has 0 aliphatic carbocycles. The van der Waals surface area contributed by atoms with E-state index in [2.05, 4.69) is 51.5 Å². The minimum Gasteiger partial charge on any atom is -0.329 e. The minimum atomic E-state index is -0.465. The van der Waals surface area contributed by atoms with Gasteiger partial charge in [0, 0.05) is 52.9 Å². The summed E-state index contributed by atoms with van der Waals surface area (Å²) in [6, 6.07) is 37.8. The maximum atomic E-state index is 12.1. The molecule has 5 heterocycles. The van der Waals surface area contributed by atoms with Crippen LogP contribution in [0.4, 0.5) is 0 Å². The molecule has 13 heteroatoms. The van der Waals surface area contributed by atoms with Gasteiger partial charge in [0.2, 0.25) is 0 Å². The first-order valence-corrected chi connectivity index (χ1v) is 29.9. The quantitative estimate of drug-likeness (QED) is 0.155. The van der Waals surface area contributed by atoms with E-state index in [1.807, 2.05) is 238 Å². The van der Waals surface area contributed by atoms with Gasteiger partial charge in [-0.1, -0.05) is 142 Å². The Labute approximate surface area is 498 Å². The van der Waals surface area contributed by atoms with E-state index < -0.39 is 5.54 Å². The molecule has 0 N–H and O–H groups in total. The van der Waals surface area contributed by atoms with E-state index in [0.717, 1.165) is 58.0 Å². The molecular weight excluding hydrogens is 1030 g/mol. The number of hydrogen-bond acceptors (Lipinski definition) is 8. The number of benzene rings is 5. The number of fused-ring (bicyclic) bond motifs is 5. The Balaban J connectivity index is 0.000000499. The Hall–Kier alpha value is -7.54. The van der Waals surface area contributed by atoms with Crippen LogP contribution in [0.15, 0.2) is 131 Å². The number of aromatic nitrogens is 4. The Morgan fingerprint density at radius 1 is 0.361 bits per heavy atom. The van der Waals surface area contributed by atoms with Crippen molar-refractivity contribution in [1.82, 2.24) is 33.8 Å². The highest BCUT2D eigenvalue weighted by atomic mass is 16.2. The molecule has 0 bridgehead atoms. The number of rotatable bonds is 2. The lowest BCUT2D eigenvalue weighted by atomic mass is 10.1. The van der Waals surface area contributed by atoms with Gasteiger partial charge in [-0.05, 0) is 164 Å². The molecule has 0 unspecified atom stereocenters.